The highest BCUT2D eigenvalue weighted by molar-refractivity contribution is 6.07. The van der Waals surface area contributed by atoms with Crippen LogP contribution >= 0.6 is 0 Å². The molecular formula is C26H25N3O3. The monoisotopic (exact) mass is 427 g/mol. The topological polar surface area (TPSA) is 74.9 Å². The lowest BCUT2D eigenvalue weighted by atomic mass is 9.89. The molecular weight excluding hydrogens is 402 g/mol. The number of carbonyl (C=O) groups excluding carboxylic acids is 2. The summed E-state index contributed by atoms with van der Waals surface area (Å²) >= 11 is 0. The Bertz CT molecular complexity index is 1370. The number of hydrogen-bond donors (Lipinski definition) is 1. The molecule has 2 aromatic rings. The smallest absolute Gasteiger partial charge is 0.251 e. The first kappa shape index (κ1) is 21.3. The third kappa shape index (κ3) is 3.75. The molecule has 162 valence electrons. The molecule has 1 heterocycles. The normalized spacial score (nSPS) is 11.7. The molecule has 0 fully saturated rings. The maximum Gasteiger partial charge on any atom is 0.251 e. The minimum atomic E-state index is -0.178. The predicted octanol–water partition coefficient (Wildman–Crippen LogP) is 4.36. The van der Waals surface area contributed by atoms with Crippen LogP contribution in [0.5, 0.6) is 0 Å². The molecule has 2 aromatic carbocycles. The molecule has 0 unspecified atom stereocenters. The van der Waals surface area contributed by atoms with Crippen LogP contribution in [0.1, 0.15) is 27.6 Å². The maximum atomic E-state index is 12.5. The number of nitrogens with zero attached hydrogens (tertiary/aromatic N) is 2. The fraction of sp³-hybridized carbons (Fsp3) is 0.192. The van der Waals surface area contributed by atoms with E-state index in [1.165, 1.54) is 0 Å². The Morgan fingerprint density at radius 1 is 1.06 bits per heavy atom. The van der Waals surface area contributed by atoms with Gasteiger partial charge in [-0.3, -0.25) is 14.6 Å². The van der Waals surface area contributed by atoms with E-state index in [9.17, 15) is 9.59 Å². The second-order valence-electron chi connectivity index (χ2n) is 7.74. The highest BCUT2D eigenvalue weighted by atomic mass is 16.3. The maximum absolute atomic E-state index is 12.5. The summed E-state index contributed by atoms with van der Waals surface area (Å²) in [4.78, 5) is 30.8. The number of rotatable bonds is 5. The summed E-state index contributed by atoms with van der Waals surface area (Å²) in [6, 6.07) is 16.9. The summed E-state index contributed by atoms with van der Waals surface area (Å²) in [5.41, 5.74) is 5.07. The summed E-state index contributed by atoms with van der Waals surface area (Å²) in [6.45, 7) is 2.40. The van der Waals surface area contributed by atoms with E-state index < -0.39 is 0 Å². The molecule has 1 amide bonds. The van der Waals surface area contributed by atoms with Crippen LogP contribution < -0.4 is 15.6 Å². The van der Waals surface area contributed by atoms with Gasteiger partial charge >= 0.3 is 0 Å². The molecule has 6 heteroatoms. The van der Waals surface area contributed by atoms with E-state index in [0.717, 1.165) is 33.8 Å². The van der Waals surface area contributed by atoms with Crippen molar-refractivity contribution in [2.45, 2.75) is 6.92 Å². The van der Waals surface area contributed by atoms with Crippen molar-refractivity contribution in [1.82, 2.24) is 5.32 Å². The molecule has 6 nitrogen and oxygen atoms in total. The van der Waals surface area contributed by atoms with Gasteiger partial charge in [0.05, 0.1) is 5.36 Å². The lowest BCUT2D eigenvalue weighted by molar-refractivity contribution is 0.0955. The van der Waals surface area contributed by atoms with E-state index in [-0.39, 0.29) is 5.91 Å². The van der Waals surface area contributed by atoms with Crippen LogP contribution in [0.3, 0.4) is 0 Å². The van der Waals surface area contributed by atoms with Crippen LogP contribution in [-0.4, -0.2) is 39.9 Å². The van der Waals surface area contributed by atoms with E-state index in [1.807, 2.05) is 62.3 Å². The van der Waals surface area contributed by atoms with Crippen LogP contribution in [0.25, 0.3) is 33.4 Å². The van der Waals surface area contributed by atoms with Crippen molar-refractivity contribution in [3.63, 3.8) is 0 Å². The highest BCUT2D eigenvalue weighted by Crippen LogP contribution is 2.42. The zero-order chi connectivity index (χ0) is 22.8. The molecule has 0 radical (unpaired) electrons. The first-order chi connectivity index (χ1) is 15.5. The Balaban J connectivity index is 2.12. The quantitative estimate of drug-likeness (QED) is 0.379. The molecule has 0 atom stereocenters. The van der Waals surface area contributed by atoms with Gasteiger partial charge in [0, 0.05) is 73.1 Å². The van der Waals surface area contributed by atoms with Crippen molar-refractivity contribution >= 4 is 28.8 Å². The van der Waals surface area contributed by atoms with Crippen molar-refractivity contribution in [2.75, 3.05) is 32.6 Å². The third-order valence-corrected chi connectivity index (χ3v) is 5.51. The van der Waals surface area contributed by atoms with Gasteiger partial charge < -0.3 is 14.6 Å². The van der Waals surface area contributed by atoms with Gasteiger partial charge in [-0.1, -0.05) is 6.07 Å². The number of anilines is 1. The van der Waals surface area contributed by atoms with Crippen molar-refractivity contribution in [1.29, 1.82) is 0 Å². The summed E-state index contributed by atoms with van der Waals surface area (Å²) < 4.78 is 6.28. The van der Waals surface area contributed by atoms with Gasteiger partial charge in [-0.15, -0.1) is 0 Å². The van der Waals surface area contributed by atoms with E-state index in [0.29, 0.717) is 34.6 Å². The number of carbonyl (C=O) groups is 2. The first-order valence-electron chi connectivity index (χ1n) is 10.5. The van der Waals surface area contributed by atoms with Crippen LogP contribution in [-0.2, 0) is 0 Å². The Hall–Kier alpha value is -3.93. The number of aldehydes is 1. The van der Waals surface area contributed by atoms with Crippen LogP contribution in [0.4, 0.5) is 5.69 Å². The van der Waals surface area contributed by atoms with E-state index >= 15 is 0 Å². The summed E-state index contributed by atoms with van der Waals surface area (Å²) in [6.07, 6.45) is 0.822. The van der Waals surface area contributed by atoms with Crippen molar-refractivity contribution in [3.05, 3.63) is 71.1 Å². The average molecular weight is 428 g/mol. The number of benzene rings is 3. The highest BCUT2D eigenvalue weighted by Gasteiger charge is 2.21. The number of nitrogens with one attached hydrogen (secondary N) is 1. The van der Waals surface area contributed by atoms with Gasteiger partial charge in [-0.05, 0) is 48.9 Å². The molecule has 1 aliphatic heterocycles. The molecule has 2 aliphatic rings. The lowest BCUT2D eigenvalue weighted by Crippen LogP contribution is -2.22. The summed E-state index contributed by atoms with van der Waals surface area (Å²) in [5.74, 6) is 0.481. The average Bonchev–Trinajstić information content (AvgIpc) is 2.81. The minimum Gasteiger partial charge on any atom is -0.456 e. The standard InChI is InChI=1S/C26H25N3O3/c1-5-28-26(31)16-6-7-17(15-30)22(12-16)25-20-10-8-18(27-2)13-23(20)32-24-14-19(29(3)4)9-11-21(24)25/h6-15H,5H2,1-4H3,(H,28,31). The molecule has 0 saturated heterocycles. The molecule has 0 bridgehead atoms. The second-order valence-corrected chi connectivity index (χ2v) is 7.74. The van der Waals surface area contributed by atoms with Crippen LogP contribution in [0, 0.1) is 0 Å². The van der Waals surface area contributed by atoms with Crippen LogP contribution in [0.2, 0.25) is 0 Å². The van der Waals surface area contributed by atoms with Gasteiger partial charge in [0.1, 0.15) is 11.3 Å². The Labute approximate surface area is 186 Å². The zero-order valence-electron chi connectivity index (χ0n) is 18.6. The van der Waals surface area contributed by atoms with E-state index in [4.69, 9.17) is 4.42 Å². The van der Waals surface area contributed by atoms with Gasteiger partial charge in [-0.25, -0.2) is 0 Å². The van der Waals surface area contributed by atoms with Crippen molar-refractivity contribution in [3.8, 4) is 22.5 Å². The zero-order valence-corrected chi connectivity index (χ0v) is 18.6. The predicted molar refractivity (Wildman–Crippen MR) is 127 cm³/mol. The largest absolute Gasteiger partial charge is 0.456 e. The lowest BCUT2D eigenvalue weighted by Gasteiger charge is -2.19. The number of hydrogen-bond acceptors (Lipinski definition) is 5. The minimum absolute atomic E-state index is 0.178. The Morgan fingerprint density at radius 2 is 1.88 bits per heavy atom. The van der Waals surface area contributed by atoms with E-state index in [2.05, 4.69) is 10.3 Å². The molecule has 0 spiro atoms. The van der Waals surface area contributed by atoms with Crippen molar-refractivity contribution < 1.29 is 14.0 Å². The van der Waals surface area contributed by atoms with E-state index in [1.54, 1.807) is 25.2 Å². The number of amides is 1. The Kier molecular flexibility index (Phi) is 5.77. The molecule has 0 aromatic heterocycles. The molecule has 0 saturated carbocycles. The first-order valence-corrected chi connectivity index (χ1v) is 10.5. The molecule has 1 aliphatic carbocycles. The van der Waals surface area contributed by atoms with Crippen molar-refractivity contribution in [2.24, 2.45) is 4.99 Å². The SMILES string of the molecule is CCNC(=O)c1ccc(C=O)c(-c2c3ccc(=NC)cc-3oc3cc(N(C)C)ccc23)c1. The van der Waals surface area contributed by atoms with Gasteiger partial charge in [0.2, 0.25) is 0 Å². The fourth-order valence-corrected chi connectivity index (χ4v) is 3.85. The van der Waals surface area contributed by atoms with Gasteiger partial charge in [0.15, 0.2) is 6.29 Å². The van der Waals surface area contributed by atoms with Gasteiger partial charge in [0.25, 0.3) is 5.91 Å². The van der Waals surface area contributed by atoms with Crippen LogP contribution in [0.15, 0.2) is 64.0 Å². The van der Waals surface area contributed by atoms with Gasteiger partial charge in [-0.2, -0.15) is 0 Å². The molecule has 4 rings (SSSR count). The Morgan fingerprint density at radius 3 is 2.56 bits per heavy atom. The summed E-state index contributed by atoms with van der Waals surface area (Å²) in [7, 11) is 5.67. The summed E-state index contributed by atoms with van der Waals surface area (Å²) in [5, 5.41) is 4.48. The number of fused-ring (bicyclic) bond motifs is 2. The third-order valence-electron chi connectivity index (χ3n) is 5.51. The second kappa shape index (κ2) is 8.67. The fourth-order valence-electron chi connectivity index (χ4n) is 3.85. The molecule has 1 N–H and O–H groups in total. The molecule has 32 heavy (non-hydrogen) atoms.